The molecule has 3 nitrogen and oxygen atoms in total. The Morgan fingerprint density at radius 2 is 2.00 bits per heavy atom. The van der Waals surface area contributed by atoms with Crippen LogP contribution < -0.4 is 5.73 Å². The van der Waals surface area contributed by atoms with E-state index in [0.717, 1.165) is 25.8 Å². The summed E-state index contributed by atoms with van der Waals surface area (Å²) in [6, 6.07) is 10.4. The molecule has 0 aromatic heterocycles. The highest BCUT2D eigenvalue weighted by atomic mass is 16.5. The van der Waals surface area contributed by atoms with Gasteiger partial charge in [-0.15, -0.1) is 0 Å². The maximum Gasteiger partial charge on any atom is 0.0724 e. The Labute approximate surface area is 116 Å². The molecule has 106 valence electrons. The van der Waals surface area contributed by atoms with Crippen LogP contribution in [0.5, 0.6) is 0 Å². The standard InChI is InChI=1S/C16H26N2O/c1-18-12-5-8-16(9-11-17,10-13-18)19-14-15-6-3-2-4-7-15/h2-4,6-7H,5,8-14,17H2,1H3. The number of nitrogens with two attached hydrogens (primary N) is 1. The lowest BCUT2D eigenvalue weighted by Crippen LogP contribution is -2.36. The van der Waals surface area contributed by atoms with Crippen molar-refractivity contribution in [1.82, 2.24) is 4.90 Å². The molecule has 0 aliphatic carbocycles. The van der Waals surface area contributed by atoms with Gasteiger partial charge in [-0.3, -0.25) is 0 Å². The van der Waals surface area contributed by atoms with Crippen LogP contribution in [0.2, 0.25) is 0 Å². The number of hydrogen-bond acceptors (Lipinski definition) is 3. The Hall–Kier alpha value is -0.900. The molecule has 1 unspecified atom stereocenters. The highest BCUT2D eigenvalue weighted by Gasteiger charge is 2.32. The first-order chi connectivity index (χ1) is 9.24. The molecule has 1 aromatic carbocycles. The molecule has 1 saturated heterocycles. The van der Waals surface area contributed by atoms with Crippen molar-refractivity contribution in [2.75, 3.05) is 26.7 Å². The fourth-order valence-corrected chi connectivity index (χ4v) is 2.84. The molecule has 0 radical (unpaired) electrons. The minimum absolute atomic E-state index is 0.0185. The van der Waals surface area contributed by atoms with E-state index in [0.29, 0.717) is 13.2 Å². The smallest absolute Gasteiger partial charge is 0.0724 e. The topological polar surface area (TPSA) is 38.5 Å². The molecule has 3 heteroatoms. The Morgan fingerprint density at radius 1 is 1.21 bits per heavy atom. The first-order valence-corrected chi connectivity index (χ1v) is 7.31. The zero-order valence-corrected chi connectivity index (χ0v) is 12.0. The van der Waals surface area contributed by atoms with Crippen molar-refractivity contribution in [2.45, 2.75) is 37.9 Å². The fourth-order valence-electron chi connectivity index (χ4n) is 2.84. The third kappa shape index (κ3) is 4.30. The van der Waals surface area contributed by atoms with E-state index in [4.69, 9.17) is 10.5 Å². The second-order valence-electron chi connectivity index (χ2n) is 5.65. The summed E-state index contributed by atoms with van der Waals surface area (Å²) < 4.78 is 6.32. The number of benzene rings is 1. The first-order valence-electron chi connectivity index (χ1n) is 7.31. The van der Waals surface area contributed by atoms with Crippen LogP contribution in [0.4, 0.5) is 0 Å². The maximum atomic E-state index is 6.32. The van der Waals surface area contributed by atoms with Crippen LogP contribution in [0.25, 0.3) is 0 Å². The summed E-state index contributed by atoms with van der Waals surface area (Å²) in [7, 11) is 2.19. The van der Waals surface area contributed by atoms with E-state index >= 15 is 0 Å². The summed E-state index contributed by atoms with van der Waals surface area (Å²) in [5.74, 6) is 0. The lowest BCUT2D eigenvalue weighted by Gasteiger charge is -2.33. The molecule has 0 bridgehead atoms. The minimum Gasteiger partial charge on any atom is -0.370 e. The van der Waals surface area contributed by atoms with E-state index < -0.39 is 0 Å². The molecule has 0 spiro atoms. The SMILES string of the molecule is CN1CCCC(CCN)(OCc2ccccc2)CC1. The zero-order chi connectivity index (χ0) is 13.6. The highest BCUT2D eigenvalue weighted by Crippen LogP contribution is 2.30. The molecule has 19 heavy (non-hydrogen) atoms. The molecule has 1 aromatic rings. The summed E-state index contributed by atoms with van der Waals surface area (Å²) in [5.41, 5.74) is 7.03. The predicted octanol–water partition coefficient (Wildman–Crippen LogP) is 2.41. The summed E-state index contributed by atoms with van der Waals surface area (Å²) in [4.78, 5) is 2.39. The van der Waals surface area contributed by atoms with Gasteiger partial charge in [-0.1, -0.05) is 30.3 Å². The molecule has 2 rings (SSSR count). The molecule has 2 N–H and O–H groups in total. The van der Waals surface area contributed by atoms with Crippen molar-refractivity contribution in [3.8, 4) is 0 Å². The van der Waals surface area contributed by atoms with Gasteiger partial charge in [0.1, 0.15) is 0 Å². The molecule has 0 saturated carbocycles. The fraction of sp³-hybridized carbons (Fsp3) is 0.625. The van der Waals surface area contributed by atoms with Gasteiger partial charge in [-0.2, -0.15) is 0 Å². The normalized spacial score (nSPS) is 25.2. The number of likely N-dealkylation sites (tertiary alicyclic amines) is 1. The average molecular weight is 262 g/mol. The Kier molecular flexibility index (Phi) is 5.37. The Bertz CT molecular complexity index is 368. The van der Waals surface area contributed by atoms with Crippen LogP contribution in [-0.2, 0) is 11.3 Å². The van der Waals surface area contributed by atoms with Gasteiger partial charge in [0.15, 0.2) is 0 Å². The van der Waals surface area contributed by atoms with Gasteiger partial charge in [0.25, 0.3) is 0 Å². The Morgan fingerprint density at radius 3 is 2.74 bits per heavy atom. The van der Waals surface area contributed by atoms with Gasteiger partial charge in [0.2, 0.25) is 0 Å². The van der Waals surface area contributed by atoms with E-state index in [1.165, 1.54) is 18.5 Å². The number of ether oxygens (including phenoxy) is 1. The second kappa shape index (κ2) is 7.04. The van der Waals surface area contributed by atoms with E-state index in [2.05, 4.69) is 36.2 Å². The van der Waals surface area contributed by atoms with Gasteiger partial charge in [0, 0.05) is 6.54 Å². The van der Waals surface area contributed by atoms with Crippen molar-refractivity contribution in [2.24, 2.45) is 5.73 Å². The third-order valence-electron chi connectivity index (χ3n) is 4.11. The first kappa shape index (κ1) is 14.5. The molecular formula is C16H26N2O. The number of hydrogen-bond donors (Lipinski definition) is 1. The summed E-state index contributed by atoms with van der Waals surface area (Å²) in [6.07, 6.45) is 4.38. The van der Waals surface area contributed by atoms with E-state index in [9.17, 15) is 0 Å². The van der Waals surface area contributed by atoms with Crippen LogP contribution in [0.1, 0.15) is 31.2 Å². The quantitative estimate of drug-likeness (QED) is 0.885. The third-order valence-corrected chi connectivity index (χ3v) is 4.11. The zero-order valence-electron chi connectivity index (χ0n) is 12.0. The van der Waals surface area contributed by atoms with Crippen molar-refractivity contribution >= 4 is 0 Å². The molecule has 0 amide bonds. The molecule has 1 fully saturated rings. The van der Waals surface area contributed by atoms with Gasteiger partial charge >= 0.3 is 0 Å². The number of nitrogens with zero attached hydrogens (tertiary/aromatic N) is 1. The van der Waals surface area contributed by atoms with Crippen molar-refractivity contribution in [3.63, 3.8) is 0 Å². The van der Waals surface area contributed by atoms with Crippen molar-refractivity contribution < 1.29 is 4.74 Å². The molecule has 1 aliphatic rings. The molecule has 1 heterocycles. The molecule has 1 aliphatic heterocycles. The van der Waals surface area contributed by atoms with Gasteiger partial charge in [-0.05, 0) is 51.4 Å². The monoisotopic (exact) mass is 262 g/mol. The van der Waals surface area contributed by atoms with Crippen LogP contribution in [-0.4, -0.2) is 37.2 Å². The van der Waals surface area contributed by atoms with Gasteiger partial charge in [0.05, 0.1) is 12.2 Å². The average Bonchev–Trinajstić information content (AvgIpc) is 2.61. The van der Waals surface area contributed by atoms with E-state index in [1.807, 2.05) is 6.07 Å². The van der Waals surface area contributed by atoms with Crippen molar-refractivity contribution in [1.29, 1.82) is 0 Å². The molecular weight excluding hydrogens is 236 g/mol. The Balaban J connectivity index is 1.98. The summed E-state index contributed by atoms with van der Waals surface area (Å²) in [6.45, 7) is 3.68. The summed E-state index contributed by atoms with van der Waals surface area (Å²) >= 11 is 0. The van der Waals surface area contributed by atoms with Crippen molar-refractivity contribution in [3.05, 3.63) is 35.9 Å². The summed E-state index contributed by atoms with van der Waals surface area (Å²) in [5, 5.41) is 0. The van der Waals surface area contributed by atoms with Crippen LogP contribution in [0.3, 0.4) is 0 Å². The van der Waals surface area contributed by atoms with Crippen LogP contribution >= 0.6 is 0 Å². The number of rotatable bonds is 5. The largest absolute Gasteiger partial charge is 0.370 e. The van der Waals surface area contributed by atoms with Crippen LogP contribution in [0, 0.1) is 0 Å². The lowest BCUT2D eigenvalue weighted by atomic mass is 9.90. The maximum absolute atomic E-state index is 6.32. The van der Waals surface area contributed by atoms with Crippen LogP contribution in [0.15, 0.2) is 30.3 Å². The van der Waals surface area contributed by atoms with E-state index in [1.54, 1.807) is 0 Å². The molecule has 1 atom stereocenters. The van der Waals surface area contributed by atoms with Gasteiger partial charge in [-0.25, -0.2) is 0 Å². The lowest BCUT2D eigenvalue weighted by molar-refractivity contribution is -0.0701. The predicted molar refractivity (Wildman–Crippen MR) is 79.0 cm³/mol. The highest BCUT2D eigenvalue weighted by molar-refractivity contribution is 5.13. The second-order valence-corrected chi connectivity index (χ2v) is 5.65. The van der Waals surface area contributed by atoms with E-state index in [-0.39, 0.29) is 5.60 Å². The van der Waals surface area contributed by atoms with Gasteiger partial charge < -0.3 is 15.4 Å². The minimum atomic E-state index is -0.0185.